The zero-order chi connectivity index (χ0) is 42.6. The first-order valence-corrected chi connectivity index (χ1v) is 22.8. The van der Waals surface area contributed by atoms with E-state index in [2.05, 4.69) is 33.8 Å². The molecule has 0 aromatic rings. The predicted octanol–water partition coefficient (Wildman–Crippen LogP) is 0.853. The van der Waals surface area contributed by atoms with Gasteiger partial charge in [-0.25, -0.2) is 0 Å². The Labute approximate surface area is 352 Å². The van der Waals surface area contributed by atoms with Gasteiger partial charge in [-0.05, 0) is 98.7 Å². The van der Waals surface area contributed by atoms with Crippen molar-refractivity contribution < 1.29 is 78.7 Å². The van der Waals surface area contributed by atoms with Crippen LogP contribution in [0.5, 0.6) is 0 Å². The summed E-state index contributed by atoms with van der Waals surface area (Å²) in [5, 5.41) is 85.0. The molecule has 3 saturated carbocycles. The van der Waals surface area contributed by atoms with Crippen molar-refractivity contribution in [3.05, 3.63) is 11.6 Å². The maximum Gasteiger partial charge on any atom is 0.187 e. The maximum atomic E-state index is 11.6. The number of rotatable bonds is 8. The van der Waals surface area contributed by atoms with Gasteiger partial charge in [-0.3, -0.25) is 0 Å². The van der Waals surface area contributed by atoms with Gasteiger partial charge in [0.2, 0.25) is 0 Å². The van der Waals surface area contributed by atoms with Crippen molar-refractivity contribution in [2.45, 2.75) is 196 Å². The number of hydrogen-bond acceptors (Lipinski definition) is 16. The first kappa shape index (κ1) is 44.3. The lowest BCUT2D eigenvalue weighted by atomic mass is 9.47. The van der Waals surface area contributed by atoms with Crippen molar-refractivity contribution in [1.29, 1.82) is 0 Å². The number of aliphatic hydroxyl groups is 8. The third-order valence-electron chi connectivity index (χ3n) is 17.3. The van der Waals surface area contributed by atoms with E-state index in [1.165, 1.54) is 25.3 Å². The van der Waals surface area contributed by atoms with E-state index in [0.29, 0.717) is 41.9 Å². The largest absolute Gasteiger partial charge is 0.394 e. The fraction of sp³-hybridized carbons (Fsp3) is 0.955. The zero-order valence-corrected chi connectivity index (χ0v) is 35.6. The van der Waals surface area contributed by atoms with Crippen LogP contribution < -0.4 is 0 Å². The average Bonchev–Trinajstić information content (AvgIpc) is 3.79. The molecule has 1 spiro atoms. The molecule has 0 amide bonds. The van der Waals surface area contributed by atoms with Crippen molar-refractivity contribution in [3.8, 4) is 0 Å². The van der Waals surface area contributed by atoms with Gasteiger partial charge in [0.05, 0.1) is 38.1 Å². The molecule has 9 aliphatic rings. The van der Waals surface area contributed by atoms with Gasteiger partial charge in [-0.1, -0.05) is 39.3 Å². The molecule has 4 aliphatic carbocycles. The minimum absolute atomic E-state index is 0.0233. The SMILES string of the molecule is CC1CCC2(OC1)OC1CC3C4CC=C5CC(OC6OC(CO)C(O)C(OC7OC(C)C(OC8OC(CO)C(O)C8O)C(O)C7O)C6O)CCC5(C)C4CCC3(C)C1C2C. The number of allylic oxidation sites excluding steroid dienone is 1. The summed E-state index contributed by atoms with van der Waals surface area (Å²) in [6.45, 7) is 10.8. The van der Waals surface area contributed by atoms with Crippen molar-refractivity contribution in [2.75, 3.05) is 19.8 Å². The highest BCUT2D eigenvalue weighted by atomic mass is 16.8. The lowest BCUT2D eigenvalue weighted by Gasteiger charge is -2.58. The minimum Gasteiger partial charge on any atom is -0.394 e. The Balaban J connectivity index is 0.836. The van der Waals surface area contributed by atoms with Crippen molar-refractivity contribution in [2.24, 2.45) is 46.3 Å². The Morgan fingerprint density at radius 3 is 2.05 bits per heavy atom. The minimum atomic E-state index is -1.75. The van der Waals surface area contributed by atoms with Crippen LogP contribution in [-0.2, 0) is 37.9 Å². The third kappa shape index (κ3) is 7.10. The molecular formula is C44H70O16. The molecule has 8 fully saturated rings. The summed E-state index contributed by atoms with van der Waals surface area (Å²) >= 11 is 0. The number of ether oxygens (including phenoxy) is 8. The topological polar surface area (TPSA) is 236 Å². The van der Waals surface area contributed by atoms with Crippen LogP contribution in [0.4, 0.5) is 0 Å². The van der Waals surface area contributed by atoms with Gasteiger partial charge < -0.3 is 78.7 Å². The van der Waals surface area contributed by atoms with Crippen LogP contribution in [0.2, 0.25) is 0 Å². The average molecular weight is 855 g/mol. The third-order valence-corrected chi connectivity index (χ3v) is 17.3. The van der Waals surface area contributed by atoms with E-state index in [1.54, 1.807) is 0 Å². The van der Waals surface area contributed by atoms with Crippen LogP contribution in [-0.4, -0.2) is 165 Å². The quantitative estimate of drug-likeness (QED) is 0.158. The molecular weight excluding hydrogens is 784 g/mol. The van der Waals surface area contributed by atoms with E-state index >= 15 is 0 Å². The predicted molar refractivity (Wildman–Crippen MR) is 208 cm³/mol. The van der Waals surface area contributed by atoms with Gasteiger partial charge in [-0.15, -0.1) is 0 Å². The van der Waals surface area contributed by atoms with E-state index < -0.39 is 105 Å². The standard InChI is InChI=1S/C44H70O16/c1-19-8-13-44(53-18-19)20(2)30-27(60-44)15-26-24-7-6-22-14-23(9-11-42(22,4)25(24)10-12-43(26,30)5)55-41-36(52)38(32(48)29(17-46)57-41)59-39-35(51)33(49)37(21(3)54-39)58-40-34(50)31(47)28(16-45)56-40/h6,19-21,23-41,45-52H,7-18H2,1-5H3. The molecule has 16 nitrogen and oxygen atoms in total. The smallest absolute Gasteiger partial charge is 0.187 e. The summed E-state index contributed by atoms with van der Waals surface area (Å²) in [4.78, 5) is 0. The second-order valence-electron chi connectivity index (χ2n) is 20.6. The van der Waals surface area contributed by atoms with Crippen LogP contribution in [0.3, 0.4) is 0 Å². The molecule has 342 valence electrons. The Morgan fingerprint density at radius 2 is 1.37 bits per heavy atom. The normalized spacial score (nSPS) is 57.7. The highest BCUT2D eigenvalue weighted by Crippen LogP contribution is 2.70. The van der Waals surface area contributed by atoms with Gasteiger partial charge in [0.1, 0.15) is 61.0 Å². The molecule has 0 radical (unpaired) electrons. The van der Waals surface area contributed by atoms with Crippen LogP contribution in [0.25, 0.3) is 0 Å². The highest BCUT2D eigenvalue weighted by molar-refractivity contribution is 5.26. The second-order valence-corrected chi connectivity index (χ2v) is 20.6. The van der Waals surface area contributed by atoms with Crippen LogP contribution >= 0.6 is 0 Å². The van der Waals surface area contributed by atoms with Crippen molar-refractivity contribution in [3.63, 3.8) is 0 Å². The number of aliphatic hydroxyl groups excluding tert-OH is 8. The van der Waals surface area contributed by atoms with Gasteiger partial charge in [-0.2, -0.15) is 0 Å². The van der Waals surface area contributed by atoms with E-state index in [9.17, 15) is 40.9 Å². The summed E-state index contributed by atoms with van der Waals surface area (Å²) in [6, 6.07) is 0. The lowest BCUT2D eigenvalue weighted by Crippen LogP contribution is -2.65. The molecule has 0 aromatic carbocycles. The molecule has 25 unspecified atom stereocenters. The zero-order valence-electron chi connectivity index (χ0n) is 35.6. The van der Waals surface area contributed by atoms with E-state index in [-0.39, 0.29) is 23.0 Å². The van der Waals surface area contributed by atoms with E-state index in [4.69, 9.17) is 37.9 Å². The summed E-state index contributed by atoms with van der Waals surface area (Å²) in [7, 11) is 0. The van der Waals surface area contributed by atoms with E-state index in [1.807, 2.05) is 0 Å². The molecule has 16 heteroatoms. The molecule has 0 bridgehead atoms. The van der Waals surface area contributed by atoms with Crippen LogP contribution in [0.15, 0.2) is 11.6 Å². The molecule has 5 aliphatic heterocycles. The van der Waals surface area contributed by atoms with Crippen LogP contribution in [0, 0.1) is 46.3 Å². The monoisotopic (exact) mass is 854 g/mol. The van der Waals surface area contributed by atoms with Gasteiger partial charge in [0, 0.05) is 12.3 Å². The van der Waals surface area contributed by atoms with E-state index in [0.717, 1.165) is 45.1 Å². The first-order chi connectivity index (χ1) is 28.5. The lowest BCUT2D eigenvalue weighted by molar-refractivity contribution is -0.369. The summed E-state index contributed by atoms with van der Waals surface area (Å²) in [5.74, 6) is 2.78. The molecule has 5 heterocycles. The Kier molecular flexibility index (Phi) is 12.2. The fourth-order valence-corrected chi connectivity index (χ4v) is 13.9. The summed E-state index contributed by atoms with van der Waals surface area (Å²) < 4.78 is 48.9. The second kappa shape index (κ2) is 16.5. The molecule has 0 aromatic heterocycles. The van der Waals surface area contributed by atoms with Crippen molar-refractivity contribution >= 4 is 0 Å². The number of hydrogen-bond donors (Lipinski definition) is 8. The highest BCUT2D eigenvalue weighted by Gasteiger charge is 2.69. The van der Waals surface area contributed by atoms with Crippen molar-refractivity contribution in [1.82, 2.24) is 0 Å². The molecule has 5 saturated heterocycles. The first-order valence-electron chi connectivity index (χ1n) is 22.8. The Hall–Kier alpha value is -0.900. The fourth-order valence-electron chi connectivity index (χ4n) is 13.9. The molecule has 60 heavy (non-hydrogen) atoms. The van der Waals surface area contributed by atoms with Gasteiger partial charge in [0.15, 0.2) is 24.7 Å². The summed E-state index contributed by atoms with van der Waals surface area (Å²) in [5.41, 5.74) is 1.62. The van der Waals surface area contributed by atoms with Gasteiger partial charge in [0.25, 0.3) is 0 Å². The number of fused-ring (bicyclic) bond motifs is 7. The summed E-state index contributed by atoms with van der Waals surface area (Å²) in [6.07, 6.45) is -8.31. The Bertz CT molecular complexity index is 1560. The maximum absolute atomic E-state index is 11.6. The van der Waals surface area contributed by atoms with Crippen LogP contribution in [0.1, 0.15) is 92.4 Å². The van der Waals surface area contributed by atoms with Gasteiger partial charge >= 0.3 is 0 Å². The molecule has 9 rings (SSSR count). The Morgan fingerprint density at radius 1 is 0.700 bits per heavy atom. The molecule has 25 atom stereocenters. The molecule has 8 N–H and O–H groups in total.